The van der Waals surface area contributed by atoms with E-state index in [1.54, 1.807) is 24.3 Å². The Kier molecular flexibility index (Phi) is 2.99. The number of hydrogen-bond acceptors (Lipinski definition) is 4. The van der Waals surface area contributed by atoms with Gasteiger partial charge in [-0.15, -0.1) is 0 Å². The van der Waals surface area contributed by atoms with Gasteiger partial charge in [-0.1, -0.05) is 17.7 Å². The first kappa shape index (κ1) is 13.7. The maximum Gasteiger partial charge on any atom is 0.360 e. The van der Waals surface area contributed by atoms with Crippen molar-refractivity contribution in [3.63, 3.8) is 0 Å². The molecular formula is C16H9ClN2O4. The quantitative estimate of drug-likeness (QED) is 0.551. The fourth-order valence-electron chi connectivity index (χ4n) is 2.36. The number of halogens is 1. The number of fused-ring (bicyclic) bond motifs is 2. The highest BCUT2D eigenvalue weighted by Gasteiger charge is 2.16. The second-order valence-electron chi connectivity index (χ2n) is 4.93. The first-order valence-corrected chi connectivity index (χ1v) is 7.09. The van der Waals surface area contributed by atoms with Crippen LogP contribution in [0.2, 0.25) is 5.02 Å². The van der Waals surface area contributed by atoms with Crippen LogP contribution < -0.4 is 10.3 Å². The van der Waals surface area contributed by atoms with E-state index < -0.39 is 11.5 Å². The average Bonchev–Trinajstić information content (AvgIpc) is 3.10. The second-order valence-corrected chi connectivity index (χ2v) is 5.34. The van der Waals surface area contributed by atoms with Crippen LogP contribution in [-0.2, 0) is 0 Å². The molecule has 0 bridgehead atoms. The molecule has 7 heteroatoms. The van der Waals surface area contributed by atoms with Crippen molar-refractivity contribution in [1.82, 2.24) is 9.97 Å². The van der Waals surface area contributed by atoms with Gasteiger partial charge >= 0.3 is 5.97 Å². The number of ether oxygens (including phenoxy) is 1. The van der Waals surface area contributed by atoms with Gasteiger partial charge in [-0.2, -0.15) is 0 Å². The predicted octanol–water partition coefficient (Wildman–Crippen LogP) is 3.48. The number of carbonyl (C=O) groups excluding carboxylic acids is 1. The smallest absolute Gasteiger partial charge is 0.360 e. The minimum Gasteiger partial charge on any atom is -0.463 e. The highest BCUT2D eigenvalue weighted by atomic mass is 35.5. The van der Waals surface area contributed by atoms with Gasteiger partial charge in [0.25, 0.3) is 5.56 Å². The van der Waals surface area contributed by atoms with Gasteiger partial charge in [0, 0.05) is 17.5 Å². The van der Waals surface area contributed by atoms with Gasteiger partial charge in [-0.3, -0.25) is 4.79 Å². The van der Waals surface area contributed by atoms with Crippen LogP contribution in [0, 0.1) is 0 Å². The Morgan fingerprint density at radius 3 is 2.83 bits per heavy atom. The zero-order chi connectivity index (χ0) is 16.0. The van der Waals surface area contributed by atoms with Crippen LogP contribution in [0.15, 0.2) is 51.9 Å². The van der Waals surface area contributed by atoms with Crippen LogP contribution in [0.1, 0.15) is 10.5 Å². The molecule has 0 radical (unpaired) electrons. The summed E-state index contributed by atoms with van der Waals surface area (Å²) < 4.78 is 10.4. The lowest BCUT2D eigenvalue weighted by molar-refractivity contribution is 0.0727. The minimum atomic E-state index is -0.687. The monoisotopic (exact) mass is 328 g/mol. The van der Waals surface area contributed by atoms with Crippen LogP contribution in [0.5, 0.6) is 5.75 Å². The number of aromatic amines is 2. The van der Waals surface area contributed by atoms with Crippen LogP contribution in [0.4, 0.5) is 0 Å². The zero-order valence-corrected chi connectivity index (χ0v) is 12.3. The van der Waals surface area contributed by atoms with Crippen molar-refractivity contribution >= 4 is 39.6 Å². The molecular weight excluding hydrogens is 320 g/mol. The molecule has 0 spiro atoms. The first-order chi connectivity index (χ1) is 11.1. The molecule has 0 fully saturated rings. The SMILES string of the molecule is O=C(Oc1cc2c(Cl)cccc2[nH]c1=O)c1cc2occc2[nH]1. The van der Waals surface area contributed by atoms with Gasteiger partial charge in [0.05, 0.1) is 22.3 Å². The number of rotatable bonds is 2. The maximum atomic E-state index is 12.2. The van der Waals surface area contributed by atoms with E-state index in [1.165, 1.54) is 18.4 Å². The normalized spacial score (nSPS) is 11.2. The summed E-state index contributed by atoms with van der Waals surface area (Å²) in [6, 6.07) is 9.77. The zero-order valence-electron chi connectivity index (χ0n) is 11.6. The summed E-state index contributed by atoms with van der Waals surface area (Å²) in [6.45, 7) is 0. The third-order valence-electron chi connectivity index (χ3n) is 3.46. The Bertz CT molecular complexity index is 1080. The predicted molar refractivity (Wildman–Crippen MR) is 85.1 cm³/mol. The molecule has 4 aromatic rings. The van der Waals surface area contributed by atoms with Crippen molar-refractivity contribution in [2.75, 3.05) is 0 Å². The van der Waals surface area contributed by atoms with Crippen LogP contribution >= 0.6 is 11.6 Å². The molecule has 0 aliphatic heterocycles. The van der Waals surface area contributed by atoms with E-state index in [2.05, 4.69) is 9.97 Å². The molecule has 0 amide bonds. The van der Waals surface area contributed by atoms with E-state index in [4.69, 9.17) is 20.8 Å². The van der Waals surface area contributed by atoms with E-state index in [1.807, 2.05) is 0 Å². The number of hydrogen-bond donors (Lipinski definition) is 2. The van der Waals surface area contributed by atoms with Crippen molar-refractivity contribution in [1.29, 1.82) is 0 Å². The van der Waals surface area contributed by atoms with Crippen LogP contribution in [0.3, 0.4) is 0 Å². The molecule has 0 unspecified atom stereocenters. The number of furan rings is 1. The van der Waals surface area contributed by atoms with Gasteiger partial charge in [0.1, 0.15) is 5.69 Å². The molecule has 6 nitrogen and oxygen atoms in total. The Morgan fingerprint density at radius 2 is 2.00 bits per heavy atom. The van der Waals surface area contributed by atoms with E-state index in [0.717, 1.165) is 0 Å². The Hall–Kier alpha value is -2.99. The number of esters is 1. The molecule has 114 valence electrons. The second kappa shape index (κ2) is 5.03. The number of benzene rings is 1. The van der Waals surface area contributed by atoms with Crippen molar-refractivity contribution in [3.8, 4) is 5.75 Å². The molecule has 3 heterocycles. The van der Waals surface area contributed by atoms with Crippen molar-refractivity contribution in [3.05, 3.63) is 63.7 Å². The van der Waals surface area contributed by atoms with Crippen LogP contribution in [0.25, 0.3) is 22.0 Å². The molecule has 3 aromatic heterocycles. The third-order valence-corrected chi connectivity index (χ3v) is 3.79. The van der Waals surface area contributed by atoms with Gasteiger partial charge in [0.15, 0.2) is 11.3 Å². The van der Waals surface area contributed by atoms with Crippen molar-refractivity contribution in [2.24, 2.45) is 0 Å². The molecule has 0 aliphatic rings. The maximum absolute atomic E-state index is 12.2. The lowest BCUT2D eigenvalue weighted by Gasteiger charge is -2.05. The van der Waals surface area contributed by atoms with E-state index in [-0.39, 0.29) is 11.4 Å². The van der Waals surface area contributed by atoms with Crippen molar-refractivity contribution < 1.29 is 13.9 Å². The number of H-pyrrole nitrogens is 2. The van der Waals surface area contributed by atoms with Crippen LogP contribution in [-0.4, -0.2) is 15.9 Å². The van der Waals surface area contributed by atoms with E-state index >= 15 is 0 Å². The Balaban J connectivity index is 1.73. The summed E-state index contributed by atoms with van der Waals surface area (Å²) in [4.78, 5) is 29.7. The number of aromatic nitrogens is 2. The average molecular weight is 329 g/mol. The molecule has 0 aliphatic carbocycles. The first-order valence-electron chi connectivity index (χ1n) is 6.72. The van der Waals surface area contributed by atoms with E-state index in [0.29, 0.717) is 27.0 Å². The lowest BCUT2D eigenvalue weighted by Crippen LogP contribution is -2.16. The van der Waals surface area contributed by atoms with E-state index in [9.17, 15) is 9.59 Å². The fourth-order valence-corrected chi connectivity index (χ4v) is 2.59. The topological polar surface area (TPSA) is 88.1 Å². The molecule has 0 saturated carbocycles. The summed E-state index contributed by atoms with van der Waals surface area (Å²) >= 11 is 6.09. The molecule has 1 aromatic carbocycles. The molecule has 2 N–H and O–H groups in total. The van der Waals surface area contributed by atoms with Gasteiger partial charge in [-0.25, -0.2) is 4.79 Å². The largest absolute Gasteiger partial charge is 0.463 e. The number of nitrogens with one attached hydrogen (secondary N) is 2. The minimum absolute atomic E-state index is 0.123. The highest BCUT2D eigenvalue weighted by molar-refractivity contribution is 6.35. The van der Waals surface area contributed by atoms with Gasteiger partial charge < -0.3 is 19.1 Å². The highest BCUT2D eigenvalue weighted by Crippen LogP contribution is 2.24. The molecule has 0 saturated heterocycles. The van der Waals surface area contributed by atoms with Gasteiger partial charge in [-0.05, 0) is 18.2 Å². The Morgan fingerprint density at radius 1 is 1.13 bits per heavy atom. The summed E-state index contributed by atoms with van der Waals surface area (Å²) in [5, 5.41) is 1.05. The standard InChI is InChI=1S/C16H9ClN2O4/c17-9-2-1-3-10-8(9)6-14(15(20)19-10)23-16(21)12-7-13-11(18-12)4-5-22-13/h1-7,18H,(H,19,20). The molecule has 4 rings (SSSR count). The number of carbonyl (C=O) groups is 1. The lowest BCUT2D eigenvalue weighted by atomic mass is 10.2. The summed E-state index contributed by atoms with van der Waals surface area (Å²) in [7, 11) is 0. The molecule has 0 atom stereocenters. The summed E-state index contributed by atoms with van der Waals surface area (Å²) in [5.74, 6) is -0.810. The van der Waals surface area contributed by atoms with Crippen molar-refractivity contribution in [2.45, 2.75) is 0 Å². The van der Waals surface area contributed by atoms with Gasteiger partial charge in [0.2, 0.25) is 0 Å². The summed E-state index contributed by atoms with van der Waals surface area (Å²) in [6.07, 6.45) is 1.51. The fraction of sp³-hybridized carbons (Fsp3) is 0. The molecule has 23 heavy (non-hydrogen) atoms. The summed E-state index contributed by atoms with van der Waals surface area (Å²) in [5.41, 5.74) is 1.46. The third kappa shape index (κ3) is 2.29. The number of pyridine rings is 1. The Labute approximate surface area is 133 Å².